The Balaban J connectivity index is 1.59. The van der Waals surface area contributed by atoms with Crippen LogP contribution in [0.5, 0.6) is 0 Å². The lowest BCUT2D eigenvalue weighted by molar-refractivity contribution is -0.109. The summed E-state index contributed by atoms with van der Waals surface area (Å²) in [5.74, 6) is 0.562. The van der Waals surface area contributed by atoms with Gasteiger partial charge in [-0.3, -0.25) is 0 Å². The lowest BCUT2D eigenvalue weighted by Crippen LogP contribution is -2.46. The third kappa shape index (κ3) is 2.18. The molecule has 1 aliphatic carbocycles. The summed E-state index contributed by atoms with van der Waals surface area (Å²) in [6.45, 7) is 2.95. The minimum Gasteiger partial charge on any atom is -0.381 e. The fraction of sp³-hybridized carbons (Fsp3) is 0.600. The first-order valence-corrected chi connectivity index (χ1v) is 6.83. The van der Waals surface area contributed by atoms with E-state index in [1.165, 1.54) is 11.1 Å². The van der Waals surface area contributed by atoms with Crippen LogP contribution in [0.1, 0.15) is 29.9 Å². The summed E-state index contributed by atoms with van der Waals surface area (Å²) in [4.78, 5) is 0. The van der Waals surface area contributed by atoms with E-state index in [4.69, 9.17) is 15.2 Å². The van der Waals surface area contributed by atoms with Crippen LogP contribution < -0.4 is 5.73 Å². The van der Waals surface area contributed by atoms with Gasteiger partial charge in [-0.1, -0.05) is 24.3 Å². The van der Waals surface area contributed by atoms with E-state index in [9.17, 15) is 0 Å². The molecule has 0 radical (unpaired) electrons. The van der Waals surface area contributed by atoms with Gasteiger partial charge in [0.1, 0.15) is 0 Å². The van der Waals surface area contributed by atoms with Gasteiger partial charge in [0, 0.05) is 38.5 Å². The Morgan fingerprint density at radius 1 is 1.28 bits per heavy atom. The van der Waals surface area contributed by atoms with Gasteiger partial charge in [0.2, 0.25) is 0 Å². The molecule has 18 heavy (non-hydrogen) atoms. The molecule has 0 spiro atoms. The number of benzene rings is 1. The maximum Gasteiger partial charge on any atom is 0.0848 e. The highest BCUT2D eigenvalue weighted by Crippen LogP contribution is 2.36. The Hall–Kier alpha value is -0.900. The minimum absolute atomic E-state index is 0.136. The summed E-state index contributed by atoms with van der Waals surface area (Å²) < 4.78 is 11.6. The lowest BCUT2D eigenvalue weighted by atomic mass is 9.78. The first kappa shape index (κ1) is 12.2. The van der Waals surface area contributed by atoms with Crippen LogP contribution in [0.2, 0.25) is 0 Å². The molecule has 1 unspecified atom stereocenters. The van der Waals surface area contributed by atoms with Crippen LogP contribution in [0.4, 0.5) is 0 Å². The van der Waals surface area contributed by atoms with Gasteiger partial charge in [-0.05, 0) is 17.5 Å². The van der Waals surface area contributed by atoms with Gasteiger partial charge in [0.25, 0.3) is 0 Å². The number of fused-ring (bicyclic) bond motifs is 1. The highest BCUT2D eigenvalue weighted by molar-refractivity contribution is 5.39. The zero-order valence-corrected chi connectivity index (χ0v) is 10.7. The van der Waals surface area contributed by atoms with Crippen LogP contribution in [0.15, 0.2) is 24.3 Å². The first-order chi connectivity index (χ1) is 8.83. The van der Waals surface area contributed by atoms with E-state index in [1.807, 2.05) is 0 Å². The van der Waals surface area contributed by atoms with Gasteiger partial charge in [-0.2, -0.15) is 0 Å². The number of hydrogen-bond donors (Lipinski definition) is 1. The fourth-order valence-corrected chi connectivity index (χ4v) is 2.94. The zero-order chi connectivity index (χ0) is 12.4. The van der Waals surface area contributed by atoms with E-state index in [2.05, 4.69) is 24.3 Å². The molecule has 3 heteroatoms. The number of nitrogens with two attached hydrogens (primary N) is 1. The van der Waals surface area contributed by atoms with Crippen LogP contribution in [-0.2, 0) is 15.9 Å². The summed E-state index contributed by atoms with van der Waals surface area (Å²) in [6, 6.07) is 8.64. The molecule has 0 amide bonds. The van der Waals surface area contributed by atoms with Gasteiger partial charge in [-0.15, -0.1) is 0 Å². The van der Waals surface area contributed by atoms with Crippen LogP contribution in [0, 0.1) is 0 Å². The van der Waals surface area contributed by atoms with Crippen molar-refractivity contribution in [1.29, 1.82) is 0 Å². The second-order valence-corrected chi connectivity index (χ2v) is 5.41. The molecule has 2 N–H and O–H groups in total. The summed E-state index contributed by atoms with van der Waals surface area (Å²) >= 11 is 0. The van der Waals surface area contributed by atoms with Crippen molar-refractivity contribution >= 4 is 0 Å². The summed E-state index contributed by atoms with van der Waals surface area (Å²) in [6.07, 6.45) is 3.00. The van der Waals surface area contributed by atoms with Crippen molar-refractivity contribution in [2.45, 2.75) is 30.8 Å². The van der Waals surface area contributed by atoms with Crippen LogP contribution in [0.25, 0.3) is 0 Å². The molecule has 1 aromatic rings. The Bertz CT molecular complexity index is 413. The highest BCUT2D eigenvalue weighted by Gasteiger charge is 2.34. The SMILES string of the molecule is NCC1(OCC2Cc3ccccc32)CCOCC1. The largest absolute Gasteiger partial charge is 0.381 e. The number of ether oxygens (including phenoxy) is 2. The van der Waals surface area contributed by atoms with E-state index in [0.717, 1.165) is 39.1 Å². The maximum absolute atomic E-state index is 6.18. The van der Waals surface area contributed by atoms with E-state index < -0.39 is 0 Å². The molecule has 0 aromatic heterocycles. The van der Waals surface area contributed by atoms with Gasteiger partial charge < -0.3 is 15.2 Å². The summed E-state index contributed by atoms with van der Waals surface area (Å²) in [5, 5.41) is 0. The molecule has 2 aliphatic rings. The molecular weight excluding hydrogens is 226 g/mol. The monoisotopic (exact) mass is 247 g/mol. The average molecular weight is 247 g/mol. The van der Waals surface area contributed by atoms with E-state index in [0.29, 0.717) is 12.5 Å². The normalized spacial score (nSPS) is 25.3. The molecule has 1 fully saturated rings. The Morgan fingerprint density at radius 3 is 2.78 bits per heavy atom. The molecule has 1 atom stereocenters. The number of rotatable bonds is 4. The van der Waals surface area contributed by atoms with Crippen molar-refractivity contribution in [1.82, 2.24) is 0 Å². The Kier molecular flexibility index (Phi) is 3.37. The standard InChI is InChI=1S/C15H21NO2/c16-11-15(5-7-17-8-6-15)18-10-13-9-12-3-1-2-4-14(12)13/h1-4,13H,5-11,16H2. The van der Waals surface area contributed by atoms with Crippen molar-refractivity contribution in [3.05, 3.63) is 35.4 Å². The molecule has 1 aromatic carbocycles. The number of hydrogen-bond acceptors (Lipinski definition) is 3. The predicted octanol–water partition coefficient (Wildman–Crippen LogP) is 1.85. The molecule has 0 saturated carbocycles. The molecule has 1 heterocycles. The molecular formula is C15H21NO2. The van der Waals surface area contributed by atoms with Gasteiger partial charge in [-0.25, -0.2) is 0 Å². The highest BCUT2D eigenvalue weighted by atomic mass is 16.5. The third-order valence-corrected chi connectivity index (χ3v) is 4.33. The molecule has 3 rings (SSSR count). The van der Waals surface area contributed by atoms with Crippen molar-refractivity contribution in [3.8, 4) is 0 Å². The quantitative estimate of drug-likeness (QED) is 0.883. The summed E-state index contributed by atoms with van der Waals surface area (Å²) in [5.41, 5.74) is 8.69. The minimum atomic E-state index is -0.136. The Labute approximate surface area is 108 Å². The second-order valence-electron chi connectivity index (χ2n) is 5.41. The van der Waals surface area contributed by atoms with Crippen molar-refractivity contribution in [3.63, 3.8) is 0 Å². The van der Waals surface area contributed by atoms with Gasteiger partial charge in [0.05, 0.1) is 12.2 Å². The maximum atomic E-state index is 6.18. The van der Waals surface area contributed by atoms with Crippen molar-refractivity contribution in [2.24, 2.45) is 5.73 Å². The second kappa shape index (κ2) is 5.00. The van der Waals surface area contributed by atoms with Crippen LogP contribution >= 0.6 is 0 Å². The van der Waals surface area contributed by atoms with Gasteiger partial charge >= 0.3 is 0 Å². The van der Waals surface area contributed by atoms with E-state index in [1.54, 1.807) is 0 Å². The zero-order valence-electron chi connectivity index (χ0n) is 10.7. The van der Waals surface area contributed by atoms with E-state index >= 15 is 0 Å². The Morgan fingerprint density at radius 2 is 2.06 bits per heavy atom. The van der Waals surface area contributed by atoms with Crippen LogP contribution in [0.3, 0.4) is 0 Å². The molecule has 3 nitrogen and oxygen atoms in total. The predicted molar refractivity (Wildman–Crippen MR) is 70.7 cm³/mol. The van der Waals surface area contributed by atoms with Crippen molar-refractivity contribution < 1.29 is 9.47 Å². The van der Waals surface area contributed by atoms with Crippen molar-refractivity contribution in [2.75, 3.05) is 26.4 Å². The lowest BCUT2D eigenvalue weighted by Gasteiger charge is -2.39. The summed E-state index contributed by atoms with van der Waals surface area (Å²) in [7, 11) is 0. The molecule has 1 aliphatic heterocycles. The molecule has 98 valence electrons. The average Bonchev–Trinajstić information content (AvgIpc) is 2.41. The molecule has 0 bridgehead atoms. The van der Waals surface area contributed by atoms with Crippen LogP contribution in [-0.4, -0.2) is 32.0 Å². The van der Waals surface area contributed by atoms with E-state index in [-0.39, 0.29) is 5.60 Å². The topological polar surface area (TPSA) is 44.5 Å². The fourth-order valence-electron chi connectivity index (χ4n) is 2.94. The first-order valence-electron chi connectivity index (χ1n) is 6.83. The third-order valence-electron chi connectivity index (χ3n) is 4.33. The molecule has 1 saturated heterocycles. The van der Waals surface area contributed by atoms with Gasteiger partial charge in [0.15, 0.2) is 0 Å². The smallest absolute Gasteiger partial charge is 0.0848 e.